The van der Waals surface area contributed by atoms with Gasteiger partial charge in [-0.05, 0) is 69.0 Å². The van der Waals surface area contributed by atoms with E-state index >= 15 is 0 Å². The number of unbranched alkanes of at least 4 members (excludes halogenated alkanes) is 2. The van der Waals surface area contributed by atoms with Crippen LogP contribution in [-0.2, 0) is 24.6 Å². The molecule has 0 atom stereocenters. The Morgan fingerprint density at radius 2 is 1.79 bits per heavy atom. The third kappa shape index (κ3) is 7.02. The molecule has 2 aromatic carbocycles. The first-order chi connectivity index (χ1) is 19.9. The van der Waals surface area contributed by atoms with Crippen LogP contribution in [0.5, 0.6) is 0 Å². The van der Waals surface area contributed by atoms with E-state index in [1.165, 1.54) is 12.1 Å². The lowest BCUT2D eigenvalue weighted by Gasteiger charge is -2.13. The van der Waals surface area contributed by atoms with Gasteiger partial charge in [-0.2, -0.15) is 13.2 Å². The first kappa shape index (κ1) is 31.7. The summed E-state index contributed by atoms with van der Waals surface area (Å²) in [7, 11) is 1.95. The van der Waals surface area contributed by atoms with E-state index in [0.717, 1.165) is 59.1 Å². The van der Waals surface area contributed by atoms with Crippen LogP contribution in [-0.4, -0.2) is 28.1 Å². The minimum absolute atomic E-state index is 0.00560. The van der Waals surface area contributed by atoms with E-state index in [1.807, 2.05) is 60.4 Å². The molecule has 6 nitrogen and oxygen atoms in total. The number of rotatable bonds is 11. The highest BCUT2D eigenvalue weighted by atomic mass is 35.5. The molecule has 1 amide bonds. The normalized spacial score (nSPS) is 12.1. The molecular formula is C31H35Cl2F3N5O+. The van der Waals surface area contributed by atoms with Gasteiger partial charge in [0.25, 0.3) is 5.82 Å². The number of benzene rings is 2. The van der Waals surface area contributed by atoms with Gasteiger partial charge < -0.3 is 15.6 Å². The molecule has 0 saturated carbocycles. The monoisotopic (exact) mass is 620 g/mol. The fourth-order valence-electron chi connectivity index (χ4n) is 5.25. The average molecular weight is 622 g/mol. The first-order valence-corrected chi connectivity index (χ1v) is 14.6. The minimum Gasteiger partial charge on any atom is -0.355 e. The van der Waals surface area contributed by atoms with E-state index in [-0.39, 0.29) is 5.91 Å². The van der Waals surface area contributed by atoms with Crippen LogP contribution in [0.1, 0.15) is 54.0 Å². The maximum Gasteiger partial charge on any atom is 0.416 e. The van der Waals surface area contributed by atoms with Crippen molar-refractivity contribution in [3.8, 4) is 5.69 Å². The number of nitrogens with one attached hydrogen (secondary N) is 1. The number of fused-ring (bicyclic) bond motifs is 1. The van der Waals surface area contributed by atoms with E-state index in [2.05, 4.69) is 9.88 Å². The van der Waals surface area contributed by atoms with Gasteiger partial charge in [0.1, 0.15) is 0 Å². The smallest absolute Gasteiger partial charge is 0.355 e. The quantitative estimate of drug-likeness (QED) is 0.140. The van der Waals surface area contributed by atoms with E-state index in [1.54, 1.807) is 6.07 Å². The molecule has 4 aromatic rings. The number of nitrogens with zero attached hydrogens (tertiary/aromatic N) is 3. The summed E-state index contributed by atoms with van der Waals surface area (Å²) in [6.45, 7) is 5.36. The van der Waals surface area contributed by atoms with Gasteiger partial charge in [-0.1, -0.05) is 29.3 Å². The molecule has 0 saturated heterocycles. The third-order valence-corrected chi connectivity index (χ3v) is 8.08. The average Bonchev–Trinajstić information content (AvgIpc) is 3.36. The summed E-state index contributed by atoms with van der Waals surface area (Å²) >= 11 is 12.7. The lowest BCUT2D eigenvalue weighted by molar-refractivity contribution is -0.647. The van der Waals surface area contributed by atoms with Crippen LogP contribution in [0.15, 0.2) is 42.5 Å². The van der Waals surface area contributed by atoms with Crippen LogP contribution in [0, 0.1) is 13.8 Å². The van der Waals surface area contributed by atoms with Gasteiger partial charge in [-0.25, -0.2) is 9.13 Å². The number of aryl methyl sites for hydroxylation is 3. The fourth-order valence-corrected chi connectivity index (χ4v) is 5.56. The first-order valence-electron chi connectivity index (χ1n) is 13.8. The standard InChI is InChI=1S/C31H34Cl2F3N5O/c1-20-16-22(21(2)41(20)24-9-7-8-23(17-24)31(34,35)36)11-12-30-39(3)27-18-25(32)26(33)19-28(27)40(30)15-6-4-5-10-29(42)38-14-13-37/h7-9,11-12,16-19H,4-6,10,13-15,37H2,1-3H3/p+1. The van der Waals surface area contributed by atoms with E-state index < -0.39 is 11.7 Å². The lowest BCUT2D eigenvalue weighted by atomic mass is 10.2. The van der Waals surface area contributed by atoms with Gasteiger partial charge in [0, 0.05) is 54.8 Å². The van der Waals surface area contributed by atoms with Crippen molar-refractivity contribution in [3.05, 3.63) is 80.8 Å². The molecule has 0 radical (unpaired) electrons. The van der Waals surface area contributed by atoms with Crippen LogP contribution < -0.4 is 15.6 Å². The Labute approximate surface area is 253 Å². The summed E-state index contributed by atoms with van der Waals surface area (Å²) in [6, 6.07) is 11.0. The second-order valence-electron chi connectivity index (χ2n) is 10.3. The van der Waals surface area contributed by atoms with Crippen molar-refractivity contribution in [2.45, 2.75) is 52.3 Å². The Morgan fingerprint density at radius 3 is 2.50 bits per heavy atom. The Kier molecular flexibility index (Phi) is 10.1. The number of halogens is 5. The van der Waals surface area contributed by atoms with Crippen LogP contribution >= 0.6 is 23.2 Å². The van der Waals surface area contributed by atoms with Crippen LogP contribution in [0.4, 0.5) is 13.2 Å². The molecular weight excluding hydrogens is 586 g/mol. The number of imidazole rings is 1. The molecule has 0 unspecified atom stereocenters. The molecule has 0 spiro atoms. The van der Waals surface area contributed by atoms with Gasteiger partial charge in [0.2, 0.25) is 5.91 Å². The van der Waals surface area contributed by atoms with Crippen LogP contribution in [0.2, 0.25) is 10.0 Å². The van der Waals surface area contributed by atoms with Crippen LogP contribution in [0.25, 0.3) is 28.9 Å². The highest BCUT2D eigenvalue weighted by Gasteiger charge is 2.30. The minimum atomic E-state index is -4.42. The number of nitrogens with two attached hydrogens (primary N) is 1. The summed E-state index contributed by atoms with van der Waals surface area (Å²) in [6.07, 6.45) is 2.49. The van der Waals surface area contributed by atoms with Gasteiger partial charge in [-0.3, -0.25) is 4.79 Å². The van der Waals surface area contributed by atoms with E-state index in [4.69, 9.17) is 28.9 Å². The van der Waals surface area contributed by atoms with Gasteiger partial charge in [0.05, 0.1) is 29.2 Å². The van der Waals surface area contributed by atoms with Crippen molar-refractivity contribution in [2.75, 3.05) is 13.1 Å². The zero-order valence-electron chi connectivity index (χ0n) is 23.9. The predicted octanol–water partition coefficient (Wildman–Crippen LogP) is 7.00. The molecule has 224 valence electrons. The fraction of sp³-hybridized carbons (Fsp3) is 0.355. The second-order valence-corrected chi connectivity index (χ2v) is 11.1. The number of carbonyl (C=O) groups excluding carboxylic acids is 1. The molecule has 2 heterocycles. The molecule has 0 aliphatic heterocycles. The second kappa shape index (κ2) is 13.4. The van der Waals surface area contributed by atoms with Gasteiger partial charge in [0.15, 0.2) is 11.0 Å². The van der Waals surface area contributed by atoms with Crippen molar-refractivity contribution in [1.82, 2.24) is 14.5 Å². The topological polar surface area (TPSA) is 68.9 Å². The summed E-state index contributed by atoms with van der Waals surface area (Å²) in [5.41, 5.74) is 9.60. The zero-order valence-corrected chi connectivity index (χ0v) is 25.4. The maximum atomic E-state index is 13.4. The molecule has 42 heavy (non-hydrogen) atoms. The molecule has 0 bridgehead atoms. The lowest BCUT2D eigenvalue weighted by Crippen LogP contribution is -2.31. The van der Waals surface area contributed by atoms with Crippen molar-refractivity contribution < 1.29 is 22.5 Å². The molecule has 2 aromatic heterocycles. The third-order valence-electron chi connectivity index (χ3n) is 7.36. The Bertz CT molecular complexity index is 1620. The molecule has 11 heteroatoms. The number of amides is 1. The van der Waals surface area contributed by atoms with Crippen molar-refractivity contribution in [1.29, 1.82) is 0 Å². The Balaban J connectivity index is 1.63. The SMILES string of the molecule is Cc1cc(/C=C/c2n(CCCCCC(=O)NCCN)c3cc(Cl)c(Cl)cc3[n+]2C)c(C)n1-c1cccc(C(F)(F)F)c1. The summed E-state index contributed by atoms with van der Waals surface area (Å²) in [5.74, 6) is 0.916. The van der Waals surface area contributed by atoms with Gasteiger partial charge >= 0.3 is 6.18 Å². The summed E-state index contributed by atoms with van der Waals surface area (Å²) < 4.78 is 46.1. The highest BCUT2D eigenvalue weighted by Crippen LogP contribution is 2.32. The molecule has 4 rings (SSSR count). The van der Waals surface area contributed by atoms with Gasteiger partial charge in [-0.15, -0.1) is 0 Å². The largest absolute Gasteiger partial charge is 0.416 e. The molecule has 0 aliphatic carbocycles. The van der Waals surface area contributed by atoms with Crippen molar-refractivity contribution in [2.24, 2.45) is 12.8 Å². The van der Waals surface area contributed by atoms with Crippen molar-refractivity contribution >= 4 is 52.3 Å². The van der Waals surface area contributed by atoms with Crippen LogP contribution in [0.3, 0.4) is 0 Å². The number of hydrogen-bond donors (Lipinski definition) is 2. The summed E-state index contributed by atoms with van der Waals surface area (Å²) in [5, 5.41) is 3.71. The molecule has 3 N–H and O–H groups in total. The van der Waals surface area contributed by atoms with Crippen molar-refractivity contribution in [3.63, 3.8) is 0 Å². The van der Waals surface area contributed by atoms with E-state index in [9.17, 15) is 18.0 Å². The van der Waals surface area contributed by atoms with E-state index in [0.29, 0.717) is 41.8 Å². The maximum absolute atomic E-state index is 13.4. The number of aromatic nitrogens is 3. The molecule has 0 fully saturated rings. The number of carbonyl (C=O) groups is 1. The highest BCUT2D eigenvalue weighted by molar-refractivity contribution is 6.42. The summed E-state index contributed by atoms with van der Waals surface area (Å²) in [4.78, 5) is 11.9. The zero-order chi connectivity index (χ0) is 30.6. The number of alkyl halides is 3. The number of hydrogen-bond acceptors (Lipinski definition) is 2. The predicted molar refractivity (Wildman–Crippen MR) is 163 cm³/mol. The molecule has 0 aliphatic rings. The Morgan fingerprint density at radius 1 is 1.05 bits per heavy atom. The Hall–Kier alpha value is -3.27.